The number of halogens is 1. The van der Waals surface area contributed by atoms with Crippen molar-refractivity contribution in [3.05, 3.63) is 56.2 Å². The standard InChI is InChI=1S/C14H12BrN3O5/c1-9-6-10(2-4-12(9)15)22-8-13(19)17-16-7-11-3-5-14(23-11)18(20)21/h2-7H,8H2,1H3,(H,17,19). The predicted octanol–water partition coefficient (Wildman–Crippen LogP) is 2.79. The van der Waals surface area contributed by atoms with Gasteiger partial charge in [-0.1, -0.05) is 15.9 Å². The summed E-state index contributed by atoms with van der Waals surface area (Å²) in [7, 11) is 0. The van der Waals surface area contributed by atoms with E-state index in [9.17, 15) is 14.9 Å². The molecule has 1 aromatic carbocycles. The maximum absolute atomic E-state index is 11.6. The molecule has 8 nitrogen and oxygen atoms in total. The molecule has 0 aliphatic carbocycles. The summed E-state index contributed by atoms with van der Waals surface area (Å²) in [6, 6.07) is 7.92. The summed E-state index contributed by atoms with van der Waals surface area (Å²) in [5, 5.41) is 14.1. The average molecular weight is 382 g/mol. The molecular formula is C14H12BrN3O5. The Labute approximate surface area is 139 Å². The number of amides is 1. The van der Waals surface area contributed by atoms with E-state index in [0.717, 1.165) is 16.3 Å². The molecule has 0 saturated carbocycles. The van der Waals surface area contributed by atoms with Gasteiger partial charge in [0.1, 0.15) is 10.7 Å². The number of hydrazone groups is 1. The molecular weight excluding hydrogens is 370 g/mol. The lowest BCUT2D eigenvalue weighted by Crippen LogP contribution is -2.24. The van der Waals surface area contributed by atoms with Crippen molar-refractivity contribution in [3.63, 3.8) is 0 Å². The molecule has 0 unspecified atom stereocenters. The van der Waals surface area contributed by atoms with Crippen molar-refractivity contribution in [2.75, 3.05) is 6.61 Å². The summed E-state index contributed by atoms with van der Waals surface area (Å²) < 4.78 is 11.1. The maximum Gasteiger partial charge on any atom is 0.433 e. The first kappa shape index (κ1) is 16.7. The van der Waals surface area contributed by atoms with E-state index in [-0.39, 0.29) is 12.4 Å². The van der Waals surface area contributed by atoms with Gasteiger partial charge in [-0.2, -0.15) is 5.10 Å². The van der Waals surface area contributed by atoms with Crippen LogP contribution in [0, 0.1) is 17.0 Å². The first-order valence-electron chi connectivity index (χ1n) is 6.41. The van der Waals surface area contributed by atoms with Gasteiger partial charge in [0.05, 0.1) is 12.3 Å². The smallest absolute Gasteiger partial charge is 0.433 e. The molecule has 0 radical (unpaired) electrons. The highest BCUT2D eigenvalue weighted by Crippen LogP contribution is 2.21. The van der Waals surface area contributed by atoms with E-state index in [1.807, 2.05) is 13.0 Å². The summed E-state index contributed by atoms with van der Waals surface area (Å²) in [5.41, 5.74) is 3.22. The zero-order chi connectivity index (χ0) is 16.8. The SMILES string of the molecule is Cc1cc(OCC(=O)NN=Cc2ccc([N+](=O)[O-])o2)ccc1Br. The molecule has 2 rings (SSSR count). The van der Waals surface area contributed by atoms with Gasteiger partial charge in [-0.25, -0.2) is 5.43 Å². The number of carbonyl (C=O) groups excluding carboxylic acids is 1. The van der Waals surface area contributed by atoms with Crippen LogP contribution in [0.3, 0.4) is 0 Å². The van der Waals surface area contributed by atoms with Crippen molar-refractivity contribution in [3.8, 4) is 5.75 Å². The third kappa shape index (κ3) is 4.92. The third-order valence-electron chi connectivity index (χ3n) is 2.67. The van der Waals surface area contributed by atoms with Crippen LogP contribution in [-0.2, 0) is 4.79 Å². The van der Waals surface area contributed by atoms with Gasteiger partial charge < -0.3 is 9.15 Å². The zero-order valence-electron chi connectivity index (χ0n) is 12.0. The van der Waals surface area contributed by atoms with Crippen LogP contribution in [0.4, 0.5) is 5.88 Å². The second kappa shape index (κ2) is 7.54. The van der Waals surface area contributed by atoms with Gasteiger partial charge in [-0.15, -0.1) is 0 Å². The second-order valence-electron chi connectivity index (χ2n) is 4.43. The number of furan rings is 1. The minimum atomic E-state index is -0.663. The fraction of sp³-hybridized carbons (Fsp3) is 0.143. The Morgan fingerprint density at radius 2 is 2.26 bits per heavy atom. The Balaban J connectivity index is 1.81. The van der Waals surface area contributed by atoms with Crippen molar-refractivity contribution in [1.82, 2.24) is 5.43 Å². The van der Waals surface area contributed by atoms with Crippen LogP contribution in [0.1, 0.15) is 11.3 Å². The maximum atomic E-state index is 11.6. The highest BCUT2D eigenvalue weighted by molar-refractivity contribution is 9.10. The monoisotopic (exact) mass is 381 g/mol. The van der Waals surface area contributed by atoms with E-state index >= 15 is 0 Å². The lowest BCUT2D eigenvalue weighted by molar-refractivity contribution is -0.402. The number of carbonyl (C=O) groups is 1. The van der Waals surface area contributed by atoms with Gasteiger partial charge in [-0.3, -0.25) is 14.9 Å². The van der Waals surface area contributed by atoms with Gasteiger partial charge in [0, 0.05) is 4.47 Å². The topological polar surface area (TPSA) is 107 Å². The number of nitrogens with one attached hydrogen (secondary N) is 1. The number of aryl methyl sites for hydroxylation is 1. The van der Waals surface area contributed by atoms with Crippen LogP contribution in [0.5, 0.6) is 5.75 Å². The largest absolute Gasteiger partial charge is 0.484 e. The number of nitrogens with zero attached hydrogens (tertiary/aromatic N) is 2. The molecule has 0 aliphatic rings. The first-order valence-corrected chi connectivity index (χ1v) is 7.20. The van der Waals surface area contributed by atoms with Gasteiger partial charge in [-0.05, 0) is 36.8 Å². The number of nitro groups is 1. The van der Waals surface area contributed by atoms with Crippen LogP contribution >= 0.6 is 15.9 Å². The van der Waals surface area contributed by atoms with Gasteiger partial charge in [0.25, 0.3) is 5.91 Å². The molecule has 1 heterocycles. The van der Waals surface area contributed by atoms with Gasteiger partial charge >= 0.3 is 5.88 Å². The summed E-state index contributed by atoms with van der Waals surface area (Å²) in [5.74, 6) is -0.150. The van der Waals surface area contributed by atoms with Crippen molar-refractivity contribution in [2.45, 2.75) is 6.92 Å². The molecule has 120 valence electrons. The van der Waals surface area contributed by atoms with Crippen LogP contribution in [0.15, 0.2) is 44.3 Å². The van der Waals surface area contributed by atoms with E-state index in [2.05, 4.69) is 26.5 Å². The van der Waals surface area contributed by atoms with E-state index in [0.29, 0.717) is 5.75 Å². The molecule has 0 bridgehead atoms. The molecule has 0 aliphatic heterocycles. The van der Waals surface area contributed by atoms with E-state index in [1.165, 1.54) is 12.1 Å². The Morgan fingerprint density at radius 3 is 2.91 bits per heavy atom. The second-order valence-corrected chi connectivity index (χ2v) is 5.28. The van der Waals surface area contributed by atoms with E-state index in [1.54, 1.807) is 12.1 Å². The average Bonchev–Trinajstić information content (AvgIpc) is 2.97. The molecule has 0 saturated heterocycles. The van der Waals surface area contributed by atoms with Crippen molar-refractivity contribution in [2.24, 2.45) is 5.10 Å². The quantitative estimate of drug-likeness (QED) is 0.470. The van der Waals surface area contributed by atoms with Gasteiger partial charge in [0.2, 0.25) is 0 Å². The van der Waals surface area contributed by atoms with Gasteiger partial charge in [0.15, 0.2) is 12.4 Å². The summed E-state index contributed by atoms with van der Waals surface area (Å²) >= 11 is 3.37. The summed E-state index contributed by atoms with van der Waals surface area (Å²) in [4.78, 5) is 21.4. The number of hydrogen-bond acceptors (Lipinski definition) is 6. The minimum absolute atomic E-state index is 0.154. The predicted molar refractivity (Wildman–Crippen MR) is 85.5 cm³/mol. The Hall–Kier alpha value is -2.68. The summed E-state index contributed by atoms with van der Waals surface area (Å²) in [6.07, 6.45) is 1.16. The van der Waals surface area contributed by atoms with Crippen LogP contribution < -0.4 is 10.2 Å². The molecule has 9 heteroatoms. The molecule has 0 spiro atoms. The Kier molecular flexibility index (Phi) is 5.47. The first-order chi connectivity index (χ1) is 11.0. The van der Waals surface area contributed by atoms with E-state index < -0.39 is 16.7 Å². The van der Waals surface area contributed by atoms with Crippen molar-refractivity contribution >= 4 is 33.9 Å². The number of benzene rings is 1. The molecule has 2 aromatic rings. The zero-order valence-corrected chi connectivity index (χ0v) is 13.6. The Morgan fingerprint density at radius 1 is 1.48 bits per heavy atom. The normalized spacial score (nSPS) is 10.7. The number of ether oxygens (including phenoxy) is 1. The number of rotatable bonds is 6. The van der Waals surface area contributed by atoms with Crippen LogP contribution in [-0.4, -0.2) is 23.7 Å². The fourth-order valence-electron chi connectivity index (χ4n) is 1.57. The minimum Gasteiger partial charge on any atom is -0.484 e. The summed E-state index contributed by atoms with van der Waals surface area (Å²) in [6.45, 7) is 1.70. The third-order valence-corrected chi connectivity index (χ3v) is 3.56. The highest BCUT2D eigenvalue weighted by atomic mass is 79.9. The lowest BCUT2D eigenvalue weighted by Gasteiger charge is -2.06. The lowest BCUT2D eigenvalue weighted by atomic mass is 10.2. The van der Waals surface area contributed by atoms with Crippen LogP contribution in [0.2, 0.25) is 0 Å². The molecule has 1 N–H and O–H groups in total. The highest BCUT2D eigenvalue weighted by Gasteiger charge is 2.10. The Bertz CT molecular complexity index is 757. The fourth-order valence-corrected chi connectivity index (χ4v) is 1.81. The molecule has 23 heavy (non-hydrogen) atoms. The molecule has 0 atom stereocenters. The van der Waals surface area contributed by atoms with E-state index in [4.69, 9.17) is 9.15 Å². The van der Waals surface area contributed by atoms with Crippen molar-refractivity contribution in [1.29, 1.82) is 0 Å². The molecule has 0 fully saturated rings. The van der Waals surface area contributed by atoms with Crippen molar-refractivity contribution < 1.29 is 18.9 Å². The molecule has 1 aromatic heterocycles. The number of hydrogen-bond donors (Lipinski definition) is 1. The van der Waals surface area contributed by atoms with Crippen LogP contribution in [0.25, 0.3) is 0 Å². The molecule has 1 amide bonds.